The van der Waals surface area contributed by atoms with Gasteiger partial charge in [-0.3, -0.25) is 0 Å². The summed E-state index contributed by atoms with van der Waals surface area (Å²) in [5.41, 5.74) is 2.82. The van der Waals surface area contributed by atoms with Gasteiger partial charge in [-0.25, -0.2) is 4.79 Å². The molecule has 1 unspecified atom stereocenters. The van der Waals surface area contributed by atoms with E-state index in [0.29, 0.717) is 38.6 Å². The zero-order valence-corrected chi connectivity index (χ0v) is 18.0. The molecular weight excluding hydrogens is 424 g/mol. The topological polar surface area (TPSA) is 59.7 Å². The standard InChI is InChI=1S/C27H19ClO4/c1-15-19-10-3-5-12-21(19)32-27(30)23(15)25(17-8-7-9-18(28)14-17)24-16(2)31-22-13-6-4-11-20(22)26(24)29/h3-14,25,29H,2H2,1H3. The van der Waals surface area contributed by atoms with Crippen LogP contribution in [0, 0.1) is 6.92 Å². The minimum absolute atomic E-state index is 0.00813. The molecule has 0 radical (unpaired) electrons. The molecule has 5 rings (SSSR count). The summed E-state index contributed by atoms with van der Waals surface area (Å²) in [5.74, 6) is 0.0770. The van der Waals surface area contributed by atoms with E-state index in [0.717, 1.165) is 10.9 Å². The number of halogens is 1. The molecule has 0 amide bonds. The molecule has 0 saturated heterocycles. The van der Waals surface area contributed by atoms with Crippen LogP contribution < -0.4 is 10.4 Å². The van der Waals surface area contributed by atoms with E-state index in [1.165, 1.54) is 0 Å². The van der Waals surface area contributed by atoms with Crippen molar-refractivity contribution in [3.05, 3.63) is 128 Å². The molecule has 5 heteroatoms. The van der Waals surface area contributed by atoms with Crippen molar-refractivity contribution >= 4 is 28.3 Å². The SMILES string of the molecule is C=C1Oc2ccccc2C(O)=C1C(c1cccc(Cl)c1)c1c(C)c2ccccc2oc1=O. The largest absolute Gasteiger partial charge is 0.507 e. The Kier molecular flexibility index (Phi) is 4.87. The maximum absolute atomic E-state index is 13.3. The molecule has 0 fully saturated rings. The number of aliphatic hydroxyl groups excluding tert-OH is 1. The molecule has 32 heavy (non-hydrogen) atoms. The summed E-state index contributed by atoms with van der Waals surface area (Å²) in [6.45, 7) is 5.93. The van der Waals surface area contributed by atoms with Crippen LogP contribution in [0.5, 0.6) is 5.75 Å². The smallest absolute Gasteiger partial charge is 0.340 e. The van der Waals surface area contributed by atoms with Gasteiger partial charge in [0, 0.05) is 21.9 Å². The van der Waals surface area contributed by atoms with Gasteiger partial charge >= 0.3 is 5.63 Å². The van der Waals surface area contributed by atoms with Crippen molar-refractivity contribution in [2.24, 2.45) is 0 Å². The Labute approximate surface area is 189 Å². The fourth-order valence-electron chi connectivity index (χ4n) is 4.33. The Hall–Kier alpha value is -3.76. The number of rotatable bonds is 3. The summed E-state index contributed by atoms with van der Waals surface area (Å²) < 4.78 is 11.6. The van der Waals surface area contributed by atoms with E-state index in [-0.39, 0.29) is 11.5 Å². The lowest BCUT2D eigenvalue weighted by atomic mass is 9.80. The van der Waals surface area contributed by atoms with Gasteiger partial charge in [0.05, 0.1) is 11.1 Å². The van der Waals surface area contributed by atoms with E-state index in [4.69, 9.17) is 20.8 Å². The number of benzene rings is 3. The zero-order valence-electron chi connectivity index (χ0n) is 17.3. The van der Waals surface area contributed by atoms with E-state index in [2.05, 4.69) is 6.58 Å². The minimum atomic E-state index is -0.699. The van der Waals surface area contributed by atoms with Crippen molar-refractivity contribution in [2.75, 3.05) is 0 Å². The Morgan fingerprint density at radius 2 is 1.75 bits per heavy atom. The van der Waals surface area contributed by atoms with Crippen LogP contribution in [-0.4, -0.2) is 5.11 Å². The van der Waals surface area contributed by atoms with E-state index < -0.39 is 11.5 Å². The number of hydrogen-bond acceptors (Lipinski definition) is 4. The van der Waals surface area contributed by atoms with Crippen LogP contribution in [0.1, 0.15) is 28.2 Å². The molecule has 2 heterocycles. The van der Waals surface area contributed by atoms with Crippen LogP contribution in [-0.2, 0) is 0 Å². The molecule has 1 atom stereocenters. The molecular formula is C27H19ClO4. The molecule has 4 aromatic rings. The van der Waals surface area contributed by atoms with Crippen LogP contribution in [0.4, 0.5) is 0 Å². The lowest BCUT2D eigenvalue weighted by molar-refractivity contribution is 0.401. The summed E-state index contributed by atoms with van der Waals surface area (Å²) in [4.78, 5) is 13.3. The lowest BCUT2D eigenvalue weighted by Crippen LogP contribution is -2.22. The van der Waals surface area contributed by atoms with Gasteiger partial charge in [-0.2, -0.15) is 0 Å². The highest BCUT2D eigenvalue weighted by atomic mass is 35.5. The molecule has 0 saturated carbocycles. The van der Waals surface area contributed by atoms with Gasteiger partial charge in [0.2, 0.25) is 0 Å². The van der Waals surface area contributed by atoms with Crippen LogP contribution in [0.2, 0.25) is 5.02 Å². The van der Waals surface area contributed by atoms with Crippen LogP contribution in [0.15, 0.2) is 99.9 Å². The molecule has 0 spiro atoms. The molecule has 3 aromatic carbocycles. The first kappa shape index (κ1) is 20.2. The number of ether oxygens (including phenoxy) is 1. The summed E-state index contributed by atoms with van der Waals surface area (Å²) >= 11 is 6.31. The number of aliphatic hydroxyl groups is 1. The van der Waals surface area contributed by atoms with E-state index in [9.17, 15) is 9.90 Å². The molecule has 4 nitrogen and oxygen atoms in total. The third-order valence-electron chi connectivity index (χ3n) is 5.81. The highest BCUT2D eigenvalue weighted by Crippen LogP contribution is 2.45. The number of aryl methyl sites for hydroxylation is 1. The third kappa shape index (κ3) is 3.20. The molecule has 158 valence electrons. The van der Waals surface area contributed by atoms with Crippen LogP contribution in [0.3, 0.4) is 0 Å². The van der Waals surface area contributed by atoms with E-state index in [1.54, 1.807) is 36.4 Å². The normalized spacial score (nSPS) is 14.2. The first-order chi connectivity index (χ1) is 15.5. The highest BCUT2D eigenvalue weighted by Gasteiger charge is 2.34. The predicted molar refractivity (Wildman–Crippen MR) is 126 cm³/mol. The Morgan fingerprint density at radius 3 is 2.56 bits per heavy atom. The second-order valence-corrected chi connectivity index (χ2v) is 8.13. The minimum Gasteiger partial charge on any atom is -0.507 e. The van der Waals surface area contributed by atoms with Crippen molar-refractivity contribution in [2.45, 2.75) is 12.8 Å². The van der Waals surface area contributed by atoms with Crippen molar-refractivity contribution in [1.29, 1.82) is 0 Å². The molecule has 0 aliphatic carbocycles. The van der Waals surface area contributed by atoms with Gasteiger partial charge in [-0.15, -0.1) is 0 Å². The number of allylic oxidation sites excluding steroid dienone is 1. The molecule has 0 bridgehead atoms. The first-order valence-corrected chi connectivity index (χ1v) is 10.5. The molecule has 1 aliphatic rings. The zero-order chi connectivity index (χ0) is 22.4. The van der Waals surface area contributed by atoms with Crippen molar-refractivity contribution < 1.29 is 14.3 Å². The summed E-state index contributed by atoms with van der Waals surface area (Å²) in [6, 6.07) is 21.7. The third-order valence-corrected chi connectivity index (χ3v) is 6.04. The second kappa shape index (κ2) is 7.74. The summed E-state index contributed by atoms with van der Waals surface area (Å²) in [5, 5.41) is 12.7. The summed E-state index contributed by atoms with van der Waals surface area (Å²) in [7, 11) is 0. The lowest BCUT2D eigenvalue weighted by Gasteiger charge is -2.29. The average Bonchev–Trinajstić information content (AvgIpc) is 2.78. The maximum atomic E-state index is 13.3. The summed E-state index contributed by atoms with van der Waals surface area (Å²) in [6.07, 6.45) is 0. The molecule has 1 aliphatic heterocycles. The number of para-hydroxylation sites is 2. The van der Waals surface area contributed by atoms with E-state index in [1.807, 2.05) is 43.3 Å². The predicted octanol–water partition coefficient (Wildman–Crippen LogP) is 6.76. The van der Waals surface area contributed by atoms with Gasteiger partial charge in [0.1, 0.15) is 22.9 Å². The quantitative estimate of drug-likeness (QED) is 0.356. The number of hydrogen-bond donors (Lipinski definition) is 1. The molecule has 1 aromatic heterocycles. The second-order valence-electron chi connectivity index (χ2n) is 7.70. The van der Waals surface area contributed by atoms with Gasteiger partial charge in [-0.05, 0) is 48.4 Å². The van der Waals surface area contributed by atoms with Crippen molar-refractivity contribution in [1.82, 2.24) is 0 Å². The van der Waals surface area contributed by atoms with Crippen molar-refractivity contribution in [3.63, 3.8) is 0 Å². The first-order valence-electron chi connectivity index (χ1n) is 10.1. The van der Waals surface area contributed by atoms with Crippen LogP contribution >= 0.6 is 11.6 Å². The Balaban J connectivity index is 1.86. The van der Waals surface area contributed by atoms with Crippen molar-refractivity contribution in [3.8, 4) is 5.75 Å². The Bertz CT molecular complexity index is 1480. The van der Waals surface area contributed by atoms with Gasteiger partial charge in [0.15, 0.2) is 0 Å². The van der Waals surface area contributed by atoms with E-state index >= 15 is 0 Å². The average molecular weight is 443 g/mol. The van der Waals surface area contributed by atoms with Gasteiger partial charge < -0.3 is 14.3 Å². The maximum Gasteiger partial charge on any atom is 0.340 e. The van der Waals surface area contributed by atoms with Gasteiger partial charge in [0.25, 0.3) is 0 Å². The number of fused-ring (bicyclic) bond motifs is 2. The fourth-order valence-corrected chi connectivity index (χ4v) is 4.53. The Morgan fingerprint density at radius 1 is 1.00 bits per heavy atom. The molecule has 1 N–H and O–H groups in total. The fraction of sp³-hybridized carbons (Fsp3) is 0.0741. The van der Waals surface area contributed by atoms with Gasteiger partial charge in [-0.1, -0.05) is 60.6 Å². The highest BCUT2D eigenvalue weighted by molar-refractivity contribution is 6.30. The monoisotopic (exact) mass is 442 g/mol. The van der Waals surface area contributed by atoms with Crippen LogP contribution in [0.25, 0.3) is 16.7 Å².